The maximum atomic E-state index is 13.6. The molecule has 2 aromatic rings. The molecule has 1 amide bonds. The maximum absolute atomic E-state index is 13.6. The molecule has 6 nitrogen and oxygen atoms in total. The Bertz CT molecular complexity index is 858. The quantitative estimate of drug-likeness (QED) is 0.740. The lowest BCUT2D eigenvalue weighted by Gasteiger charge is -2.19. The molecule has 2 aromatic carbocycles. The van der Waals surface area contributed by atoms with Gasteiger partial charge in [0.1, 0.15) is 11.4 Å². The predicted molar refractivity (Wildman–Crippen MR) is 97.8 cm³/mol. The molecule has 144 valence electrons. The topological polar surface area (TPSA) is 95.9 Å². The van der Waals surface area contributed by atoms with Crippen molar-refractivity contribution in [3.05, 3.63) is 58.9 Å². The van der Waals surface area contributed by atoms with Crippen LogP contribution in [0.4, 0.5) is 9.18 Å². The maximum Gasteiger partial charge on any atom is 0.407 e. The van der Waals surface area contributed by atoms with Crippen LogP contribution >= 0.6 is 0 Å². The summed E-state index contributed by atoms with van der Waals surface area (Å²) in [5.74, 6) is -1.66. The zero-order valence-corrected chi connectivity index (χ0v) is 15.4. The van der Waals surface area contributed by atoms with E-state index in [1.807, 2.05) is 0 Å². The van der Waals surface area contributed by atoms with Crippen molar-refractivity contribution in [2.24, 2.45) is 0 Å². The van der Waals surface area contributed by atoms with Crippen molar-refractivity contribution in [1.29, 1.82) is 0 Å². The molecule has 0 fully saturated rings. The third-order valence-corrected chi connectivity index (χ3v) is 3.62. The average Bonchev–Trinajstić information content (AvgIpc) is 2.58. The first-order valence-corrected chi connectivity index (χ1v) is 8.33. The van der Waals surface area contributed by atoms with Crippen LogP contribution in [0.1, 0.15) is 42.3 Å². The van der Waals surface area contributed by atoms with Gasteiger partial charge < -0.3 is 20.3 Å². The van der Waals surface area contributed by atoms with Crippen LogP contribution in [-0.4, -0.2) is 27.9 Å². The first kappa shape index (κ1) is 20.4. The van der Waals surface area contributed by atoms with E-state index in [4.69, 9.17) is 4.74 Å². The van der Waals surface area contributed by atoms with Gasteiger partial charge in [0.2, 0.25) is 0 Å². The Balaban J connectivity index is 2.32. The lowest BCUT2D eigenvalue weighted by molar-refractivity contribution is 0.0523. The van der Waals surface area contributed by atoms with Gasteiger partial charge in [-0.1, -0.05) is 6.07 Å². The van der Waals surface area contributed by atoms with E-state index in [1.165, 1.54) is 30.3 Å². The first-order chi connectivity index (χ1) is 12.6. The van der Waals surface area contributed by atoms with Gasteiger partial charge in [0, 0.05) is 12.1 Å². The van der Waals surface area contributed by atoms with Crippen molar-refractivity contribution in [2.45, 2.75) is 39.5 Å². The van der Waals surface area contributed by atoms with Gasteiger partial charge in [-0.25, -0.2) is 14.0 Å². The molecule has 27 heavy (non-hydrogen) atoms. The summed E-state index contributed by atoms with van der Waals surface area (Å²) in [4.78, 5) is 23.2. The van der Waals surface area contributed by atoms with Gasteiger partial charge in [-0.05, 0) is 67.8 Å². The Morgan fingerprint density at radius 1 is 1.11 bits per heavy atom. The summed E-state index contributed by atoms with van der Waals surface area (Å²) in [6.45, 7) is 4.82. The van der Waals surface area contributed by atoms with E-state index in [0.29, 0.717) is 16.7 Å². The van der Waals surface area contributed by atoms with E-state index >= 15 is 0 Å². The van der Waals surface area contributed by atoms with Crippen LogP contribution in [-0.2, 0) is 17.9 Å². The van der Waals surface area contributed by atoms with Crippen LogP contribution in [0.5, 0.6) is 0 Å². The molecule has 0 spiro atoms. The summed E-state index contributed by atoms with van der Waals surface area (Å²) < 4.78 is 18.8. The number of carbonyl (C=O) groups excluding carboxylic acids is 1. The van der Waals surface area contributed by atoms with Crippen molar-refractivity contribution >= 4 is 12.1 Å². The molecule has 0 bridgehead atoms. The molecule has 0 radical (unpaired) electrons. The van der Waals surface area contributed by atoms with E-state index in [9.17, 15) is 24.2 Å². The monoisotopic (exact) mass is 375 g/mol. The number of carboxylic acid groups (broad SMARTS) is 1. The number of aliphatic hydroxyl groups excluding tert-OH is 1. The number of ether oxygens (including phenoxy) is 1. The minimum absolute atomic E-state index is 0.0309. The van der Waals surface area contributed by atoms with Gasteiger partial charge in [-0.3, -0.25) is 0 Å². The van der Waals surface area contributed by atoms with Gasteiger partial charge in [-0.15, -0.1) is 0 Å². The Morgan fingerprint density at radius 2 is 1.81 bits per heavy atom. The van der Waals surface area contributed by atoms with Crippen LogP contribution in [0.2, 0.25) is 0 Å². The fourth-order valence-electron chi connectivity index (χ4n) is 2.45. The number of hydrogen-bond acceptors (Lipinski definition) is 4. The highest BCUT2D eigenvalue weighted by Gasteiger charge is 2.16. The SMILES string of the molecule is CC(C)(C)OC(=O)NCc1cc(C(=O)O)cc(-c2ccc(F)c(CO)c2)c1. The molecule has 0 aliphatic heterocycles. The fourth-order valence-corrected chi connectivity index (χ4v) is 2.45. The number of halogens is 1. The van der Waals surface area contributed by atoms with Gasteiger partial charge >= 0.3 is 12.1 Å². The number of carbonyl (C=O) groups is 2. The second-order valence-electron chi connectivity index (χ2n) is 7.04. The molecule has 7 heteroatoms. The van der Waals surface area contributed by atoms with Gasteiger partial charge in [0.15, 0.2) is 0 Å². The number of hydrogen-bond donors (Lipinski definition) is 3. The second kappa shape index (κ2) is 8.18. The number of alkyl carbamates (subject to hydrolysis) is 1. The number of benzene rings is 2. The van der Waals surface area contributed by atoms with E-state index in [1.54, 1.807) is 26.8 Å². The molecule has 0 atom stereocenters. The van der Waals surface area contributed by atoms with Crippen LogP contribution in [0, 0.1) is 5.82 Å². The molecule has 0 aliphatic carbocycles. The van der Waals surface area contributed by atoms with Crippen molar-refractivity contribution < 1.29 is 28.9 Å². The Kier molecular flexibility index (Phi) is 6.17. The van der Waals surface area contributed by atoms with E-state index < -0.39 is 30.1 Å². The molecule has 2 rings (SSSR count). The predicted octanol–water partition coefficient (Wildman–Crippen LogP) is 3.71. The number of carboxylic acids is 1. The van der Waals surface area contributed by atoms with Crippen LogP contribution < -0.4 is 5.32 Å². The molecule has 0 saturated heterocycles. The molecule has 0 saturated carbocycles. The summed E-state index contributed by atoms with van der Waals surface area (Å²) in [6, 6.07) is 8.76. The normalized spacial score (nSPS) is 11.1. The first-order valence-electron chi connectivity index (χ1n) is 8.33. The number of amides is 1. The molecule has 0 aliphatic rings. The minimum atomic E-state index is -1.13. The van der Waals surface area contributed by atoms with E-state index in [-0.39, 0.29) is 17.7 Å². The van der Waals surface area contributed by atoms with Crippen molar-refractivity contribution in [3.8, 4) is 11.1 Å². The van der Waals surface area contributed by atoms with E-state index in [2.05, 4.69) is 5.32 Å². The summed E-state index contributed by atoms with van der Waals surface area (Å²) in [6.07, 6.45) is -0.617. The molecule has 0 unspecified atom stereocenters. The zero-order valence-electron chi connectivity index (χ0n) is 15.4. The second-order valence-corrected chi connectivity index (χ2v) is 7.04. The number of rotatable bonds is 5. The molecular weight excluding hydrogens is 353 g/mol. The van der Waals surface area contributed by atoms with Crippen molar-refractivity contribution in [1.82, 2.24) is 5.32 Å². The number of nitrogens with one attached hydrogen (secondary N) is 1. The lowest BCUT2D eigenvalue weighted by atomic mass is 9.98. The van der Waals surface area contributed by atoms with E-state index in [0.717, 1.165) is 0 Å². The third-order valence-electron chi connectivity index (χ3n) is 3.62. The third kappa shape index (κ3) is 5.79. The van der Waals surface area contributed by atoms with Crippen LogP contribution in [0.15, 0.2) is 36.4 Å². The number of aromatic carboxylic acids is 1. The standard InChI is InChI=1S/C20H22FNO5/c1-20(2,3)27-19(26)22-10-12-6-14(9-15(7-12)18(24)25)13-4-5-17(21)16(8-13)11-23/h4-9,23H,10-11H2,1-3H3,(H,22,26)(H,24,25). The largest absolute Gasteiger partial charge is 0.478 e. The lowest BCUT2D eigenvalue weighted by Crippen LogP contribution is -2.32. The average molecular weight is 375 g/mol. The highest BCUT2D eigenvalue weighted by atomic mass is 19.1. The van der Waals surface area contributed by atoms with Gasteiger partial charge in [-0.2, -0.15) is 0 Å². The van der Waals surface area contributed by atoms with Gasteiger partial charge in [0.05, 0.1) is 12.2 Å². The highest BCUT2D eigenvalue weighted by molar-refractivity contribution is 5.90. The Hall–Kier alpha value is -2.93. The fraction of sp³-hybridized carbons (Fsp3) is 0.300. The van der Waals surface area contributed by atoms with Crippen molar-refractivity contribution in [2.75, 3.05) is 0 Å². The molecule has 0 heterocycles. The van der Waals surface area contributed by atoms with Crippen molar-refractivity contribution in [3.63, 3.8) is 0 Å². The molecular formula is C20H22FNO5. The zero-order chi connectivity index (χ0) is 20.2. The highest BCUT2D eigenvalue weighted by Crippen LogP contribution is 2.25. The Morgan fingerprint density at radius 3 is 2.41 bits per heavy atom. The minimum Gasteiger partial charge on any atom is -0.478 e. The molecule has 0 aromatic heterocycles. The molecule has 3 N–H and O–H groups in total. The number of aliphatic hydroxyl groups is 1. The smallest absolute Gasteiger partial charge is 0.407 e. The van der Waals surface area contributed by atoms with Crippen LogP contribution in [0.3, 0.4) is 0 Å². The van der Waals surface area contributed by atoms with Gasteiger partial charge in [0.25, 0.3) is 0 Å². The summed E-state index contributed by atoms with van der Waals surface area (Å²) in [7, 11) is 0. The van der Waals surface area contributed by atoms with Crippen LogP contribution in [0.25, 0.3) is 11.1 Å². The Labute approximate surface area is 156 Å². The summed E-state index contributed by atoms with van der Waals surface area (Å²) >= 11 is 0. The summed E-state index contributed by atoms with van der Waals surface area (Å²) in [5, 5.41) is 21.2. The summed E-state index contributed by atoms with van der Waals surface area (Å²) in [5.41, 5.74) is 1.13.